The van der Waals surface area contributed by atoms with Crippen molar-refractivity contribution in [3.63, 3.8) is 0 Å². The molecule has 0 aliphatic heterocycles. The first-order chi connectivity index (χ1) is 12.3. The number of hydrogen-bond acceptors (Lipinski definition) is 6. The van der Waals surface area contributed by atoms with Crippen molar-refractivity contribution in [2.45, 2.75) is 6.61 Å². The van der Waals surface area contributed by atoms with Crippen molar-refractivity contribution in [2.24, 2.45) is 0 Å². The molecular weight excluding hydrogens is 370 g/mol. The van der Waals surface area contributed by atoms with Gasteiger partial charge in [0.1, 0.15) is 11.6 Å². The van der Waals surface area contributed by atoms with E-state index in [1.165, 1.54) is 11.3 Å². The van der Waals surface area contributed by atoms with Gasteiger partial charge in [-0.2, -0.15) is 0 Å². The summed E-state index contributed by atoms with van der Waals surface area (Å²) < 4.78 is 6.64. The third-order valence-electron chi connectivity index (χ3n) is 3.50. The maximum atomic E-state index is 12.7. The van der Waals surface area contributed by atoms with Crippen LogP contribution in [0.1, 0.15) is 14.8 Å². The summed E-state index contributed by atoms with van der Waals surface area (Å²) in [5.74, 6) is -0.324. The predicted octanol–water partition coefficient (Wildman–Crippen LogP) is 5.70. The van der Waals surface area contributed by atoms with E-state index in [0.717, 1.165) is 25.0 Å². The van der Waals surface area contributed by atoms with Crippen LogP contribution in [-0.4, -0.2) is 11.0 Å². The van der Waals surface area contributed by atoms with Crippen LogP contribution in [0, 0.1) is 0 Å². The number of thiophene rings is 2. The Hall–Kier alpha value is -2.28. The number of benzene rings is 1. The summed E-state index contributed by atoms with van der Waals surface area (Å²) in [5, 5.41) is 4.75. The molecule has 1 aromatic carbocycles. The topological polar surface area (TPSA) is 39.2 Å². The molecule has 0 aliphatic carbocycles. The van der Waals surface area contributed by atoms with E-state index >= 15 is 0 Å². The van der Waals surface area contributed by atoms with Crippen LogP contribution >= 0.6 is 34.0 Å². The summed E-state index contributed by atoms with van der Waals surface area (Å²) >= 11 is 4.67. The van der Waals surface area contributed by atoms with E-state index in [2.05, 4.69) is 4.98 Å². The highest BCUT2D eigenvalue weighted by molar-refractivity contribution is 7.18. The fourth-order valence-corrected chi connectivity index (χ4v) is 4.63. The van der Waals surface area contributed by atoms with E-state index in [4.69, 9.17) is 4.74 Å². The number of hydrogen-bond donors (Lipinski definition) is 0. The Balaban J connectivity index is 1.54. The van der Waals surface area contributed by atoms with Crippen molar-refractivity contribution >= 4 is 61.8 Å². The van der Waals surface area contributed by atoms with Crippen LogP contribution in [0.3, 0.4) is 0 Å². The van der Waals surface area contributed by atoms with Gasteiger partial charge in [-0.25, -0.2) is 9.78 Å². The normalized spacial score (nSPS) is 11.8. The van der Waals surface area contributed by atoms with E-state index < -0.39 is 0 Å². The number of esters is 1. The van der Waals surface area contributed by atoms with Gasteiger partial charge in [0.25, 0.3) is 0 Å². The van der Waals surface area contributed by atoms with E-state index in [1.54, 1.807) is 22.7 Å². The smallest absolute Gasteiger partial charge is 0.340 e. The molecule has 0 saturated heterocycles. The molecule has 4 aromatic rings. The Morgan fingerprint density at radius 3 is 2.64 bits per heavy atom. The quantitative estimate of drug-likeness (QED) is 0.328. The number of para-hydroxylation sites is 1. The van der Waals surface area contributed by atoms with Gasteiger partial charge >= 0.3 is 5.97 Å². The zero-order chi connectivity index (χ0) is 17.1. The zero-order valence-electron chi connectivity index (χ0n) is 13.0. The Labute approximate surface area is 156 Å². The molecule has 3 heterocycles. The van der Waals surface area contributed by atoms with Crippen LogP contribution in [0.25, 0.3) is 21.9 Å². The number of ether oxygens (including phenoxy) is 1. The van der Waals surface area contributed by atoms with E-state index in [1.807, 2.05) is 65.4 Å². The van der Waals surface area contributed by atoms with Gasteiger partial charge in [0, 0.05) is 9.75 Å². The lowest BCUT2D eigenvalue weighted by Gasteiger charge is -2.05. The van der Waals surface area contributed by atoms with E-state index in [-0.39, 0.29) is 12.6 Å². The van der Waals surface area contributed by atoms with Gasteiger partial charge in [-0.15, -0.1) is 34.0 Å². The van der Waals surface area contributed by atoms with Gasteiger partial charge in [0.2, 0.25) is 0 Å². The molecule has 4 rings (SSSR count). The molecule has 0 spiro atoms. The second kappa shape index (κ2) is 7.31. The van der Waals surface area contributed by atoms with Gasteiger partial charge in [-0.3, -0.25) is 0 Å². The van der Waals surface area contributed by atoms with Gasteiger partial charge in [-0.05, 0) is 41.1 Å². The molecule has 3 aromatic heterocycles. The summed E-state index contributed by atoms with van der Waals surface area (Å²) in [6.07, 6.45) is 1.89. The summed E-state index contributed by atoms with van der Waals surface area (Å²) in [6, 6.07) is 15.7. The van der Waals surface area contributed by atoms with Crippen LogP contribution in [-0.2, 0) is 16.1 Å². The Morgan fingerprint density at radius 1 is 1.04 bits per heavy atom. The lowest BCUT2D eigenvalue weighted by atomic mass is 10.2. The number of rotatable bonds is 5. The Bertz CT molecular complexity index is 981. The van der Waals surface area contributed by atoms with Crippen LogP contribution in [0.15, 0.2) is 59.3 Å². The molecule has 0 unspecified atom stereocenters. The van der Waals surface area contributed by atoms with Crippen molar-refractivity contribution in [3.8, 4) is 0 Å². The SMILES string of the molecule is O=C(OCc1nc2ccccc2s1)C(=Cc1cccs1)c1cccs1. The maximum Gasteiger partial charge on any atom is 0.340 e. The molecular formula is C19H13NO2S3. The van der Waals surface area contributed by atoms with Gasteiger partial charge in [-0.1, -0.05) is 24.3 Å². The fraction of sp³-hybridized carbons (Fsp3) is 0.0526. The van der Waals surface area contributed by atoms with Gasteiger partial charge < -0.3 is 4.74 Å². The lowest BCUT2D eigenvalue weighted by molar-refractivity contribution is -0.137. The molecule has 6 heteroatoms. The number of nitrogens with zero attached hydrogens (tertiary/aromatic N) is 1. The number of carbonyl (C=O) groups is 1. The molecule has 3 nitrogen and oxygen atoms in total. The Kier molecular flexibility index (Phi) is 4.74. The molecule has 0 atom stereocenters. The highest BCUT2D eigenvalue weighted by atomic mass is 32.1. The van der Waals surface area contributed by atoms with Crippen LogP contribution in [0.4, 0.5) is 0 Å². The number of carbonyl (C=O) groups excluding carboxylic acids is 1. The number of thiazole rings is 1. The van der Waals surface area contributed by atoms with Crippen molar-refractivity contribution in [3.05, 3.63) is 74.1 Å². The van der Waals surface area contributed by atoms with Crippen LogP contribution in [0.2, 0.25) is 0 Å². The summed E-state index contributed by atoms with van der Waals surface area (Å²) in [7, 11) is 0. The van der Waals surface area contributed by atoms with Crippen molar-refractivity contribution in [1.82, 2.24) is 4.98 Å². The first-order valence-electron chi connectivity index (χ1n) is 7.60. The third kappa shape index (κ3) is 3.71. The summed E-state index contributed by atoms with van der Waals surface area (Å²) in [6.45, 7) is 0.186. The molecule has 0 saturated carbocycles. The Morgan fingerprint density at radius 2 is 1.88 bits per heavy atom. The molecule has 25 heavy (non-hydrogen) atoms. The molecule has 0 radical (unpaired) electrons. The van der Waals surface area contributed by atoms with Crippen molar-refractivity contribution in [1.29, 1.82) is 0 Å². The number of aromatic nitrogens is 1. The second-order valence-corrected chi connectivity index (χ2v) is 8.24. The molecule has 0 aliphatic rings. The predicted molar refractivity (Wildman–Crippen MR) is 106 cm³/mol. The lowest BCUT2D eigenvalue weighted by Crippen LogP contribution is -2.06. The standard InChI is InChI=1S/C19H13NO2S3/c21-19(22-12-18-20-15-6-1-2-7-17(15)25-18)14(16-8-4-10-24-16)11-13-5-3-9-23-13/h1-11H,12H2. The van der Waals surface area contributed by atoms with Crippen LogP contribution < -0.4 is 0 Å². The second-order valence-electron chi connectivity index (χ2n) is 5.20. The van der Waals surface area contributed by atoms with Crippen LogP contribution in [0.5, 0.6) is 0 Å². The minimum Gasteiger partial charge on any atom is -0.455 e. The zero-order valence-corrected chi connectivity index (χ0v) is 15.5. The molecule has 0 bridgehead atoms. The highest BCUT2D eigenvalue weighted by Crippen LogP contribution is 2.27. The van der Waals surface area contributed by atoms with Crippen molar-refractivity contribution in [2.75, 3.05) is 0 Å². The highest BCUT2D eigenvalue weighted by Gasteiger charge is 2.16. The van der Waals surface area contributed by atoms with E-state index in [0.29, 0.717) is 5.57 Å². The molecule has 124 valence electrons. The van der Waals surface area contributed by atoms with E-state index in [9.17, 15) is 4.79 Å². The van der Waals surface area contributed by atoms with Gasteiger partial charge in [0.15, 0.2) is 0 Å². The summed E-state index contributed by atoms with van der Waals surface area (Å²) in [5.41, 5.74) is 1.52. The van der Waals surface area contributed by atoms with Gasteiger partial charge in [0.05, 0.1) is 15.8 Å². The monoisotopic (exact) mass is 383 g/mol. The maximum absolute atomic E-state index is 12.7. The fourth-order valence-electron chi connectivity index (χ4n) is 2.36. The minimum absolute atomic E-state index is 0.186. The van der Waals surface area contributed by atoms with Crippen molar-refractivity contribution < 1.29 is 9.53 Å². The average molecular weight is 384 g/mol. The molecule has 0 fully saturated rings. The number of fused-ring (bicyclic) bond motifs is 1. The molecule has 0 amide bonds. The first kappa shape index (κ1) is 16.2. The largest absolute Gasteiger partial charge is 0.455 e. The molecule has 0 N–H and O–H groups in total. The summed E-state index contributed by atoms with van der Waals surface area (Å²) in [4.78, 5) is 19.1. The third-order valence-corrected chi connectivity index (χ3v) is 6.23. The average Bonchev–Trinajstić information content (AvgIpc) is 3.38. The minimum atomic E-state index is -0.324. The first-order valence-corrected chi connectivity index (χ1v) is 10.2.